The van der Waals surface area contributed by atoms with Crippen molar-refractivity contribution in [2.24, 2.45) is 0 Å². The number of hydrogen-bond acceptors (Lipinski definition) is 4. The fourth-order valence-corrected chi connectivity index (χ4v) is 5.12. The predicted molar refractivity (Wildman–Crippen MR) is 111 cm³/mol. The summed E-state index contributed by atoms with van der Waals surface area (Å²) in [4.78, 5) is 12.2. The Kier molecular flexibility index (Phi) is 6.14. The highest BCUT2D eigenvalue weighted by Crippen LogP contribution is 2.22. The van der Waals surface area contributed by atoms with Crippen LogP contribution in [0.25, 0.3) is 10.2 Å². The van der Waals surface area contributed by atoms with Gasteiger partial charge in [0.1, 0.15) is 0 Å². The minimum Gasteiger partial charge on any atom is -0.299 e. The minimum atomic E-state index is -3.58. The van der Waals surface area contributed by atoms with Crippen molar-refractivity contribution in [3.05, 3.63) is 63.3 Å². The van der Waals surface area contributed by atoms with Crippen LogP contribution in [0.2, 0.25) is 0 Å². The molecule has 7 heteroatoms. The third kappa shape index (κ3) is 4.66. The predicted octanol–water partition coefficient (Wildman–Crippen LogP) is 3.69. The average Bonchev–Trinajstić information content (AvgIpc) is 2.95. The quantitative estimate of drug-likeness (QED) is 0.582. The summed E-state index contributed by atoms with van der Waals surface area (Å²) in [5.74, 6) is 0. The SMILES string of the molecule is CCCn1c(=O)sc2cc(S(=O)(=O)NCCCc3ccc(C)cc3)ccc21. The molecule has 1 heterocycles. The van der Waals surface area contributed by atoms with Crippen LogP contribution in [0.4, 0.5) is 0 Å². The Balaban J connectivity index is 1.67. The van der Waals surface area contributed by atoms with E-state index in [1.807, 2.05) is 13.8 Å². The van der Waals surface area contributed by atoms with Gasteiger partial charge in [-0.1, -0.05) is 48.1 Å². The Morgan fingerprint density at radius 2 is 1.85 bits per heavy atom. The van der Waals surface area contributed by atoms with Gasteiger partial charge in [0.25, 0.3) is 0 Å². The van der Waals surface area contributed by atoms with Crippen molar-refractivity contribution >= 4 is 31.6 Å². The van der Waals surface area contributed by atoms with Gasteiger partial charge < -0.3 is 0 Å². The first-order valence-corrected chi connectivity index (χ1v) is 11.4. The summed E-state index contributed by atoms with van der Waals surface area (Å²) in [6, 6.07) is 13.2. The monoisotopic (exact) mass is 404 g/mol. The third-order valence-corrected chi connectivity index (χ3v) is 6.85. The molecule has 0 radical (unpaired) electrons. The van der Waals surface area contributed by atoms with Gasteiger partial charge >= 0.3 is 4.87 Å². The molecule has 1 N–H and O–H groups in total. The molecule has 0 fully saturated rings. The molecule has 1 aromatic heterocycles. The first-order valence-electron chi connectivity index (χ1n) is 9.09. The van der Waals surface area contributed by atoms with Gasteiger partial charge in [0.15, 0.2) is 0 Å². The number of rotatable bonds is 8. The van der Waals surface area contributed by atoms with E-state index in [0.717, 1.165) is 36.1 Å². The normalized spacial score (nSPS) is 11.9. The van der Waals surface area contributed by atoms with Gasteiger partial charge in [0.2, 0.25) is 10.0 Å². The lowest BCUT2D eigenvalue weighted by atomic mass is 10.1. The molecule has 27 heavy (non-hydrogen) atoms. The van der Waals surface area contributed by atoms with Crippen LogP contribution in [0.5, 0.6) is 0 Å². The topological polar surface area (TPSA) is 68.2 Å². The van der Waals surface area contributed by atoms with Crippen molar-refractivity contribution in [2.45, 2.75) is 44.6 Å². The van der Waals surface area contributed by atoms with Crippen LogP contribution in [-0.4, -0.2) is 19.5 Å². The Hall–Kier alpha value is -1.96. The van der Waals surface area contributed by atoms with Crippen molar-refractivity contribution in [2.75, 3.05) is 6.54 Å². The number of aromatic nitrogens is 1. The van der Waals surface area contributed by atoms with Gasteiger partial charge in [-0.25, -0.2) is 13.1 Å². The van der Waals surface area contributed by atoms with E-state index in [1.165, 1.54) is 11.1 Å². The largest absolute Gasteiger partial charge is 0.308 e. The molecule has 0 unspecified atom stereocenters. The summed E-state index contributed by atoms with van der Waals surface area (Å²) < 4.78 is 30.2. The third-order valence-electron chi connectivity index (χ3n) is 4.45. The van der Waals surface area contributed by atoms with E-state index in [9.17, 15) is 13.2 Å². The maximum absolute atomic E-state index is 12.6. The van der Waals surface area contributed by atoms with Crippen LogP contribution >= 0.6 is 11.3 Å². The van der Waals surface area contributed by atoms with E-state index in [0.29, 0.717) is 17.8 Å². The van der Waals surface area contributed by atoms with Crippen LogP contribution in [0.15, 0.2) is 52.2 Å². The number of thiazole rings is 1. The highest BCUT2D eigenvalue weighted by atomic mass is 32.2. The second-order valence-corrected chi connectivity index (χ2v) is 9.40. The number of nitrogens with one attached hydrogen (secondary N) is 1. The summed E-state index contributed by atoms with van der Waals surface area (Å²) >= 11 is 1.09. The van der Waals surface area contributed by atoms with Crippen LogP contribution < -0.4 is 9.60 Å². The number of nitrogens with zero attached hydrogens (tertiary/aromatic N) is 1. The average molecular weight is 405 g/mol. The zero-order chi connectivity index (χ0) is 19.4. The van der Waals surface area contributed by atoms with Crippen LogP contribution in [0.1, 0.15) is 30.9 Å². The van der Waals surface area contributed by atoms with Crippen molar-refractivity contribution in [1.29, 1.82) is 0 Å². The van der Waals surface area contributed by atoms with Gasteiger partial charge in [0.05, 0.1) is 15.1 Å². The molecule has 2 aromatic carbocycles. The number of fused-ring (bicyclic) bond motifs is 1. The molecular weight excluding hydrogens is 380 g/mol. The zero-order valence-corrected chi connectivity index (χ0v) is 17.2. The molecule has 5 nitrogen and oxygen atoms in total. The fraction of sp³-hybridized carbons (Fsp3) is 0.350. The van der Waals surface area contributed by atoms with Crippen molar-refractivity contribution < 1.29 is 8.42 Å². The highest BCUT2D eigenvalue weighted by molar-refractivity contribution is 7.89. The molecule has 0 aliphatic rings. The summed E-state index contributed by atoms with van der Waals surface area (Å²) in [5, 5.41) is 0. The second-order valence-electron chi connectivity index (χ2n) is 6.64. The van der Waals surface area contributed by atoms with E-state index in [4.69, 9.17) is 0 Å². The first kappa shape index (κ1) is 19.8. The number of sulfonamides is 1. The van der Waals surface area contributed by atoms with Gasteiger partial charge in [-0.2, -0.15) is 0 Å². The zero-order valence-electron chi connectivity index (χ0n) is 15.6. The molecule has 0 spiro atoms. The highest BCUT2D eigenvalue weighted by Gasteiger charge is 2.16. The number of benzene rings is 2. The molecule has 0 aliphatic carbocycles. The van der Waals surface area contributed by atoms with Gasteiger partial charge in [-0.15, -0.1) is 0 Å². The van der Waals surface area contributed by atoms with Crippen LogP contribution in [0, 0.1) is 6.92 Å². The molecular formula is C20H24N2O3S2. The fourth-order valence-electron chi connectivity index (χ4n) is 2.99. The van der Waals surface area contributed by atoms with Crippen LogP contribution in [-0.2, 0) is 23.0 Å². The Bertz CT molecular complexity index is 1080. The number of hydrogen-bond donors (Lipinski definition) is 1. The number of aryl methyl sites for hydroxylation is 3. The molecule has 0 saturated carbocycles. The van der Waals surface area contributed by atoms with Crippen molar-refractivity contribution in [3.63, 3.8) is 0 Å². The van der Waals surface area contributed by atoms with Crippen LogP contribution in [0.3, 0.4) is 0 Å². The summed E-state index contributed by atoms with van der Waals surface area (Å²) in [5.41, 5.74) is 3.21. The lowest BCUT2D eigenvalue weighted by molar-refractivity contribution is 0.579. The molecule has 0 atom stereocenters. The van der Waals surface area contributed by atoms with E-state index >= 15 is 0 Å². The van der Waals surface area contributed by atoms with Gasteiger partial charge in [-0.3, -0.25) is 9.36 Å². The Morgan fingerprint density at radius 3 is 2.56 bits per heavy atom. The van der Waals surface area contributed by atoms with E-state index < -0.39 is 10.0 Å². The maximum atomic E-state index is 12.6. The van der Waals surface area contributed by atoms with Gasteiger partial charge in [-0.05, 0) is 49.9 Å². The maximum Gasteiger partial charge on any atom is 0.308 e. The summed E-state index contributed by atoms with van der Waals surface area (Å²) in [6.45, 7) is 5.07. The summed E-state index contributed by atoms with van der Waals surface area (Å²) in [6.07, 6.45) is 2.41. The minimum absolute atomic E-state index is 0.0487. The molecule has 0 amide bonds. The standard InChI is InChI=1S/C20H24N2O3S2/c1-3-13-22-18-11-10-17(14-19(18)26-20(22)23)27(24,25)21-12-4-5-16-8-6-15(2)7-9-16/h6-11,14,21H,3-5,12-13H2,1-2H3. The lowest BCUT2D eigenvalue weighted by Gasteiger charge is -2.08. The van der Waals surface area contributed by atoms with E-state index in [1.54, 1.807) is 22.8 Å². The van der Waals surface area contributed by atoms with E-state index in [-0.39, 0.29) is 9.77 Å². The Labute approximate surface area is 163 Å². The summed E-state index contributed by atoms with van der Waals surface area (Å²) in [7, 11) is -3.58. The van der Waals surface area contributed by atoms with Crippen molar-refractivity contribution in [1.82, 2.24) is 9.29 Å². The van der Waals surface area contributed by atoms with E-state index in [2.05, 4.69) is 29.0 Å². The first-order chi connectivity index (χ1) is 12.9. The molecule has 3 rings (SSSR count). The van der Waals surface area contributed by atoms with Gasteiger partial charge in [0, 0.05) is 13.1 Å². The lowest BCUT2D eigenvalue weighted by Crippen LogP contribution is -2.25. The molecule has 144 valence electrons. The molecule has 3 aromatic rings. The smallest absolute Gasteiger partial charge is 0.299 e. The molecule has 0 aliphatic heterocycles. The second kappa shape index (κ2) is 8.37. The Morgan fingerprint density at radius 1 is 1.11 bits per heavy atom. The molecule has 0 bridgehead atoms. The van der Waals surface area contributed by atoms with Crippen molar-refractivity contribution in [3.8, 4) is 0 Å². The molecule has 0 saturated heterocycles.